The summed E-state index contributed by atoms with van der Waals surface area (Å²) in [6.45, 7) is 2.71. The van der Waals surface area contributed by atoms with Crippen molar-refractivity contribution in [3.8, 4) is 0 Å². The van der Waals surface area contributed by atoms with E-state index in [1.165, 1.54) is 0 Å². The molecule has 0 radical (unpaired) electrons. The minimum absolute atomic E-state index is 0.152. The van der Waals surface area contributed by atoms with Gasteiger partial charge in [0.25, 0.3) is 0 Å². The number of hydrogen-bond donors (Lipinski definition) is 2. The van der Waals surface area contributed by atoms with Gasteiger partial charge in [0.1, 0.15) is 11.6 Å². The van der Waals surface area contributed by atoms with Gasteiger partial charge in [0, 0.05) is 11.8 Å². The summed E-state index contributed by atoms with van der Waals surface area (Å²) in [7, 11) is 0. The third kappa shape index (κ3) is 2.51. The molecule has 1 fully saturated rings. The zero-order valence-electron chi connectivity index (χ0n) is 10.2. The summed E-state index contributed by atoms with van der Waals surface area (Å²) in [5.41, 5.74) is -0.456. The maximum absolute atomic E-state index is 13.0. The fraction of sp³-hybridized carbons (Fsp3) is 0.462. The molecule has 1 aromatic carbocycles. The van der Waals surface area contributed by atoms with E-state index in [0.29, 0.717) is 6.42 Å². The third-order valence-corrected chi connectivity index (χ3v) is 3.40. The molecule has 1 atom stereocenters. The maximum Gasteiger partial charge on any atom is 0.244 e. The van der Waals surface area contributed by atoms with Crippen molar-refractivity contribution in [1.29, 1.82) is 0 Å². The standard InChI is InChI=1S/C13H16F2N2O/c1-2-13(4-3-5-16-13)12(18)17-11-7-9(14)6-10(15)8-11/h6-8,16H,2-5H2,1H3,(H,17,18). The molecule has 0 aromatic heterocycles. The number of rotatable bonds is 3. The van der Waals surface area contributed by atoms with Gasteiger partial charge in [-0.1, -0.05) is 6.92 Å². The lowest BCUT2D eigenvalue weighted by Crippen LogP contribution is -2.50. The molecule has 0 aliphatic carbocycles. The van der Waals surface area contributed by atoms with Gasteiger partial charge in [-0.05, 0) is 37.9 Å². The predicted molar refractivity (Wildman–Crippen MR) is 65.2 cm³/mol. The molecular formula is C13H16F2N2O. The van der Waals surface area contributed by atoms with E-state index in [-0.39, 0.29) is 11.6 Å². The molecule has 1 unspecified atom stereocenters. The number of halogens is 2. The van der Waals surface area contributed by atoms with E-state index >= 15 is 0 Å². The summed E-state index contributed by atoms with van der Waals surface area (Å²) in [6.07, 6.45) is 2.32. The Kier molecular flexibility index (Phi) is 3.61. The van der Waals surface area contributed by atoms with Crippen LogP contribution in [-0.4, -0.2) is 18.0 Å². The third-order valence-electron chi connectivity index (χ3n) is 3.40. The molecule has 98 valence electrons. The van der Waals surface area contributed by atoms with Crippen molar-refractivity contribution < 1.29 is 13.6 Å². The van der Waals surface area contributed by atoms with Gasteiger partial charge in [-0.3, -0.25) is 4.79 Å². The molecule has 1 amide bonds. The maximum atomic E-state index is 13.0. The highest BCUT2D eigenvalue weighted by Gasteiger charge is 2.39. The first-order chi connectivity index (χ1) is 8.55. The fourth-order valence-electron chi connectivity index (χ4n) is 2.34. The van der Waals surface area contributed by atoms with E-state index in [2.05, 4.69) is 10.6 Å². The van der Waals surface area contributed by atoms with Crippen molar-refractivity contribution in [3.05, 3.63) is 29.8 Å². The lowest BCUT2D eigenvalue weighted by molar-refractivity contribution is -0.122. The van der Waals surface area contributed by atoms with E-state index in [0.717, 1.165) is 37.6 Å². The van der Waals surface area contributed by atoms with Crippen LogP contribution in [0.25, 0.3) is 0 Å². The molecule has 1 aliphatic heterocycles. The Hall–Kier alpha value is -1.49. The molecule has 2 rings (SSSR count). The van der Waals surface area contributed by atoms with Gasteiger partial charge >= 0.3 is 0 Å². The van der Waals surface area contributed by atoms with Crippen LogP contribution < -0.4 is 10.6 Å². The van der Waals surface area contributed by atoms with Gasteiger partial charge in [0.05, 0.1) is 5.54 Å². The highest BCUT2D eigenvalue weighted by Crippen LogP contribution is 2.25. The van der Waals surface area contributed by atoms with Crippen LogP contribution >= 0.6 is 0 Å². The Bertz CT molecular complexity index is 436. The molecule has 2 N–H and O–H groups in total. The number of carbonyl (C=O) groups excluding carboxylic acids is 1. The highest BCUT2D eigenvalue weighted by atomic mass is 19.1. The summed E-state index contributed by atoms with van der Waals surface area (Å²) in [6, 6.07) is 3.00. The topological polar surface area (TPSA) is 41.1 Å². The summed E-state index contributed by atoms with van der Waals surface area (Å²) in [4.78, 5) is 12.2. The molecule has 5 heteroatoms. The number of benzene rings is 1. The second-order valence-corrected chi connectivity index (χ2v) is 4.58. The minimum Gasteiger partial charge on any atom is -0.324 e. The molecule has 0 saturated carbocycles. The predicted octanol–water partition coefficient (Wildman–Crippen LogP) is 2.44. The van der Waals surface area contributed by atoms with Gasteiger partial charge < -0.3 is 10.6 Å². The smallest absolute Gasteiger partial charge is 0.244 e. The minimum atomic E-state index is -0.699. The first-order valence-electron chi connectivity index (χ1n) is 6.08. The van der Waals surface area contributed by atoms with Crippen LogP contribution in [0.15, 0.2) is 18.2 Å². The van der Waals surface area contributed by atoms with Crippen molar-refractivity contribution in [2.75, 3.05) is 11.9 Å². The normalized spacial score (nSPS) is 23.1. The Morgan fingerprint density at radius 1 is 1.39 bits per heavy atom. The van der Waals surface area contributed by atoms with Crippen molar-refractivity contribution >= 4 is 11.6 Å². The molecule has 0 spiro atoms. The molecule has 18 heavy (non-hydrogen) atoms. The van der Waals surface area contributed by atoms with Crippen LogP contribution in [0.1, 0.15) is 26.2 Å². The van der Waals surface area contributed by atoms with E-state index in [4.69, 9.17) is 0 Å². The average Bonchev–Trinajstić information content (AvgIpc) is 2.77. The van der Waals surface area contributed by atoms with Crippen molar-refractivity contribution in [1.82, 2.24) is 5.32 Å². The van der Waals surface area contributed by atoms with Gasteiger partial charge in [-0.2, -0.15) is 0 Å². The first-order valence-corrected chi connectivity index (χ1v) is 6.08. The van der Waals surface area contributed by atoms with Gasteiger partial charge in [-0.15, -0.1) is 0 Å². The Morgan fingerprint density at radius 2 is 2.06 bits per heavy atom. The van der Waals surface area contributed by atoms with E-state index in [1.807, 2.05) is 6.92 Å². The first kappa shape index (κ1) is 13.0. The summed E-state index contributed by atoms with van der Waals surface area (Å²) in [5.74, 6) is -1.63. The SMILES string of the molecule is CCC1(C(=O)Nc2cc(F)cc(F)c2)CCCN1. The number of anilines is 1. The molecule has 1 aromatic rings. The summed E-state index contributed by atoms with van der Waals surface area (Å²) in [5, 5.41) is 5.75. The van der Waals surface area contributed by atoms with Crippen LogP contribution in [-0.2, 0) is 4.79 Å². The zero-order valence-corrected chi connectivity index (χ0v) is 10.2. The van der Waals surface area contributed by atoms with Crippen molar-refractivity contribution in [2.45, 2.75) is 31.7 Å². The summed E-state index contributed by atoms with van der Waals surface area (Å²) >= 11 is 0. The molecule has 1 saturated heterocycles. The number of nitrogens with one attached hydrogen (secondary N) is 2. The summed E-state index contributed by atoms with van der Waals surface area (Å²) < 4.78 is 26.1. The molecule has 1 heterocycles. The Balaban J connectivity index is 2.15. The van der Waals surface area contributed by atoms with Crippen LogP contribution in [0.5, 0.6) is 0 Å². The quantitative estimate of drug-likeness (QED) is 0.869. The fourth-order valence-corrected chi connectivity index (χ4v) is 2.34. The van der Waals surface area contributed by atoms with Crippen LogP contribution in [0, 0.1) is 11.6 Å². The number of amides is 1. The lowest BCUT2D eigenvalue weighted by Gasteiger charge is -2.26. The van der Waals surface area contributed by atoms with Gasteiger partial charge in [-0.25, -0.2) is 8.78 Å². The largest absolute Gasteiger partial charge is 0.324 e. The zero-order chi connectivity index (χ0) is 13.2. The highest BCUT2D eigenvalue weighted by molar-refractivity contribution is 5.98. The van der Waals surface area contributed by atoms with E-state index in [9.17, 15) is 13.6 Å². The van der Waals surface area contributed by atoms with Crippen LogP contribution in [0.4, 0.5) is 14.5 Å². The lowest BCUT2D eigenvalue weighted by atomic mass is 9.93. The van der Waals surface area contributed by atoms with Gasteiger partial charge in [0.15, 0.2) is 0 Å². The number of hydrogen-bond acceptors (Lipinski definition) is 2. The van der Waals surface area contributed by atoms with Crippen LogP contribution in [0.3, 0.4) is 0 Å². The second-order valence-electron chi connectivity index (χ2n) is 4.58. The second kappa shape index (κ2) is 5.02. The van der Waals surface area contributed by atoms with Crippen molar-refractivity contribution in [3.63, 3.8) is 0 Å². The Labute approximate surface area is 105 Å². The number of carbonyl (C=O) groups is 1. The van der Waals surface area contributed by atoms with E-state index in [1.54, 1.807) is 0 Å². The van der Waals surface area contributed by atoms with Crippen molar-refractivity contribution in [2.24, 2.45) is 0 Å². The van der Waals surface area contributed by atoms with Crippen LogP contribution in [0.2, 0.25) is 0 Å². The van der Waals surface area contributed by atoms with Gasteiger partial charge in [0.2, 0.25) is 5.91 Å². The monoisotopic (exact) mass is 254 g/mol. The molecule has 0 bridgehead atoms. The molecular weight excluding hydrogens is 238 g/mol. The molecule has 1 aliphatic rings. The molecule has 3 nitrogen and oxygen atoms in total. The Morgan fingerprint density at radius 3 is 2.56 bits per heavy atom. The average molecular weight is 254 g/mol. The van der Waals surface area contributed by atoms with E-state index < -0.39 is 17.2 Å².